The number of methoxy groups -OCH3 is 1. The number of nitrogens with one attached hydrogen (secondary N) is 1. The van der Waals surface area contributed by atoms with Gasteiger partial charge < -0.3 is 14.5 Å². The van der Waals surface area contributed by atoms with Gasteiger partial charge in [-0.2, -0.15) is 13.2 Å². The largest absolute Gasteiger partial charge is 0.465 e. The summed E-state index contributed by atoms with van der Waals surface area (Å²) in [6.07, 6.45) is -4.66. The van der Waals surface area contributed by atoms with Crippen molar-refractivity contribution in [2.45, 2.75) is 19.6 Å². The van der Waals surface area contributed by atoms with Gasteiger partial charge in [0, 0.05) is 0 Å². The van der Waals surface area contributed by atoms with Crippen molar-refractivity contribution in [3.63, 3.8) is 0 Å². The second-order valence-electron chi connectivity index (χ2n) is 6.05. The number of halogens is 4. The average Bonchev–Trinajstić information content (AvgIpc) is 2.94. The molecule has 1 heterocycles. The summed E-state index contributed by atoms with van der Waals surface area (Å²) in [5.74, 6) is -0.462. The molecule has 0 atom stereocenters. The standard InChI is InChI=1S/C18H18ClF3N2O4/c1-10-12(17(26)27-3)7-11(28-10)8-24(2)9-15(25)23-16-13(18(20,21)22)5-4-6-14(16)19/h4-7H,8-9H2,1-3H3,(H,23,25). The number of hydrogen-bond acceptors (Lipinski definition) is 5. The molecule has 0 spiro atoms. The van der Waals surface area contributed by atoms with Crippen LogP contribution in [0.25, 0.3) is 0 Å². The molecule has 0 fully saturated rings. The lowest BCUT2D eigenvalue weighted by atomic mass is 10.1. The topological polar surface area (TPSA) is 71.8 Å². The summed E-state index contributed by atoms with van der Waals surface area (Å²) < 4.78 is 49.4. The number of hydrogen-bond donors (Lipinski definition) is 1. The number of furan rings is 1. The fourth-order valence-electron chi connectivity index (χ4n) is 2.57. The van der Waals surface area contributed by atoms with E-state index in [4.69, 9.17) is 16.0 Å². The molecule has 0 aliphatic carbocycles. The number of aryl methyl sites for hydroxylation is 1. The predicted molar refractivity (Wildman–Crippen MR) is 96.2 cm³/mol. The number of benzene rings is 1. The van der Waals surface area contributed by atoms with Crippen LogP contribution < -0.4 is 5.32 Å². The van der Waals surface area contributed by atoms with Gasteiger partial charge in [-0.1, -0.05) is 17.7 Å². The van der Waals surface area contributed by atoms with Gasteiger partial charge in [0.1, 0.15) is 17.1 Å². The fourth-order valence-corrected chi connectivity index (χ4v) is 2.79. The van der Waals surface area contributed by atoms with Gasteiger partial charge in [0.05, 0.1) is 36.5 Å². The maximum absolute atomic E-state index is 13.1. The minimum absolute atomic E-state index is 0.153. The summed E-state index contributed by atoms with van der Waals surface area (Å²) in [6.45, 7) is 1.52. The molecule has 152 valence electrons. The molecule has 0 radical (unpaired) electrons. The van der Waals surface area contributed by atoms with E-state index in [1.807, 2.05) is 0 Å². The van der Waals surface area contributed by atoms with Crippen LogP contribution in [-0.4, -0.2) is 37.5 Å². The zero-order chi connectivity index (χ0) is 21.1. The minimum Gasteiger partial charge on any atom is -0.465 e. The van der Waals surface area contributed by atoms with Gasteiger partial charge in [0.15, 0.2) is 0 Å². The molecule has 0 saturated carbocycles. The van der Waals surface area contributed by atoms with Crippen molar-refractivity contribution in [1.29, 1.82) is 0 Å². The van der Waals surface area contributed by atoms with Gasteiger partial charge in [-0.3, -0.25) is 9.69 Å². The van der Waals surface area contributed by atoms with Crippen molar-refractivity contribution in [3.8, 4) is 0 Å². The lowest BCUT2D eigenvalue weighted by molar-refractivity contribution is -0.137. The Morgan fingerprint density at radius 2 is 2.00 bits per heavy atom. The van der Waals surface area contributed by atoms with Crippen molar-refractivity contribution < 1.29 is 31.9 Å². The molecule has 2 rings (SSSR count). The number of alkyl halides is 3. The van der Waals surface area contributed by atoms with E-state index in [9.17, 15) is 22.8 Å². The van der Waals surface area contributed by atoms with Crippen molar-refractivity contribution in [2.24, 2.45) is 0 Å². The predicted octanol–water partition coefficient (Wildman–Crippen LogP) is 4.12. The molecule has 6 nitrogen and oxygen atoms in total. The second kappa shape index (κ2) is 8.66. The monoisotopic (exact) mass is 418 g/mol. The number of esters is 1. The third kappa shape index (κ3) is 5.26. The molecule has 0 saturated heterocycles. The SMILES string of the molecule is COC(=O)c1cc(CN(C)CC(=O)Nc2c(Cl)cccc2C(F)(F)F)oc1C. The fraction of sp³-hybridized carbons (Fsp3) is 0.333. The Kier molecular flexibility index (Phi) is 6.73. The van der Waals surface area contributed by atoms with Gasteiger partial charge in [-0.25, -0.2) is 4.79 Å². The second-order valence-corrected chi connectivity index (χ2v) is 6.46. The number of nitrogens with zero attached hydrogens (tertiary/aromatic N) is 1. The Morgan fingerprint density at radius 3 is 2.61 bits per heavy atom. The van der Waals surface area contributed by atoms with Crippen LogP contribution in [0.5, 0.6) is 0 Å². The Hall–Kier alpha value is -2.52. The highest BCUT2D eigenvalue weighted by atomic mass is 35.5. The van der Waals surface area contributed by atoms with Crippen molar-refractivity contribution >= 4 is 29.2 Å². The van der Waals surface area contributed by atoms with Crippen LogP contribution >= 0.6 is 11.6 Å². The Labute approximate surface area is 164 Å². The number of carbonyl (C=O) groups is 2. The van der Waals surface area contributed by atoms with Crippen LogP contribution in [-0.2, 0) is 22.3 Å². The van der Waals surface area contributed by atoms with Crippen molar-refractivity contribution in [1.82, 2.24) is 4.90 Å². The van der Waals surface area contributed by atoms with Gasteiger partial charge in [0.25, 0.3) is 0 Å². The first-order chi connectivity index (χ1) is 13.0. The summed E-state index contributed by atoms with van der Waals surface area (Å²) in [5.41, 5.74) is -1.25. The van der Waals surface area contributed by atoms with Crippen molar-refractivity contribution in [2.75, 3.05) is 26.0 Å². The van der Waals surface area contributed by atoms with Crippen LogP contribution in [0.3, 0.4) is 0 Å². The highest BCUT2D eigenvalue weighted by Crippen LogP contribution is 2.38. The number of amides is 1. The van der Waals surface area contributed by atoms with Gasteiger partial charge in [-0.15, -0.1) is 0 Å². The molecular weight excluding hydrogens is 401 g/mol. The third-order valence-electron chi connectivity index (χ3n) is 3.80. The normalized spacial score (nSPS) is 11.6. The molecule has 1 aromatic carbocycles. The molecule has 1 amide bonds. The number of likely N-dealkylation sites (N-methyl/N-ethyl adjacent to an activating group) is 1. The molecular formula is C18H18ClF3N2O4. The Bertz CT molecular complexity index is 880. The minimum atomic E-state index is -4.66. The van der Waals surface area contributed by atoms with E-state index in [1.165, 1.54) is 24.1 Å². The molecule has 2 aromatic rings. The zero-order valence-electron chi connectivity index (χ0n) is 15.3. The van der Waals surface area contributed by atoms with E-state index < -0.39 is 29.3 Å². The van der Waals surface area contributed by atoms with Crippen LogP contribution in [0.15, 0.2) is 28.7 Å². The highest BCUT2D eigenvalue weighted by Gasteiger charge is 2.34. The highest BCUT2D eigenvalue weighted by molar-refractivity contribution is 6.34. The maximum atomic E-state index is 13.1. The van der Waals surface area contributed by atoms with E-state index in [2.05, 4.69) is 10.1 Å². The van der Waals surface area contributed by atoms with E-state index in [1.54, 1.807) is 14.0 Å². The van der Waals surface area contributed by atoms with E-state index in [-0.39, 0.29) is 23.7 Å². The molecule has 1 N–H and O–H groups in total. The lowest BCUT2D eigenvalue weighted by Crippen LogP contribution is -2.30. The summed E-state index contributed by atoms with van der Waals surface area (Å²) in [7, 11) is 2.82. The third-order valence-corrected chi connectivity index (χ3v) is 4.11. The number of para-hydroxylation sites is 1. The number of carbonyl (C=O) groups excluding carboxylic acids is 2. The number of rotatable bonds is 6. The van der Waals surface area contributed by atoms with Crippen molar-refractivity contribution in [3.05, 3.63) is 51.9 Å². The zero-order valence-corrected chi connectivity index (χ0v) is 16.1. The number of ether oxygens (including phenoxy) is 1. The molecule has 0 aliphatic heterocycles. The average molecular weight is 419 g/mol. The first kappa shape index (κ1) is 21.8. The molecule has 28 heavy (non-hydrogen) atoms. The van der Waals surface area contributed by atoms with Crippen LogP contribution in [0, 0.1) is 6.92 Å². The van der Waals surface area contributed by atoms with E-state index >= 15 is 0 Å². The first-order valence-corrected chi connectivity index (χ1v) is 8.42. The molecule has 0 unspecified atom stereocenters. The quantitative estimate of drug-likeness (QED) is 0.714. The summed E-state index contributed by atoms with van der Waals surface area (Å²) in [5, 5.41) is 2.00. The lowest BCUT2D eigenvalue weighted by Gasteiger charge is -2.18. The molecule has 0 bridgehead atoms. The van der Waals surface area contributed by atoms with Crippen LogP contribution in [0.4, 0.5) is 18.9 Å². The van der Waals surface area contributed by atoms with Gasteiger partial charge in [-0.05, 0) is 32.2 Å². The van der Waals surface area contributed by atoms with Gasteiger partial charge >= 0.3 is 12.1 Å². The first-order valence-electron chi connectivity index (χ1n) is 8.04. The number of anilines is 1. The van der Waals surface area contributed by atoms with Crippen LogP contribution in [0.2, 0.25) is 5.02 Å². The Balaban J connectivity index is 2.06. The molecule has 10 heteroatoms. The van der Waals surface area contributed by atoms with E-state index in [0.29, 0.717) is 11.5 Å². The summed E-state index contributed by atoms with van der Waals surface area (Å²) in [6, 6.07) is 4.75. The smallest absolute Gasteiger partial charge is 0.418 e. The maximum Gasteiger partial charge on any atom is 0.418 e. The molecule has 1 aromatic heterocycles. The Morgan fingerprint density at radius 1 is 1.32 bits per heavy atom. The molecule has 0 aliphatic rings. The van der Waals surface area contributed by atoms with E-state index in [0.717, 1.165) is 12.1 Å². The summed E-state index contributed by atoms with van der Waals surface area (Å²) >= 11 is 5.82. The van der Waals surface area contributed by atoms with Gasteiger partial charge in [0.2, 0.25) is 5.91 Å². The summed E-state index contributed by atoms with van der Waals surface area (Å²) in [4.78, 5) is 25.3. The van der Waals surface area contributed by atoms with Crippen LogP contribution in [0.1, 0.15) is 27.4 Å².